The molecule has 0 rings (SSSR count). The Balaban J connectivity index is 3.37. The molecule has 52 valence electrons. The Bertz CT molecular complexity index is 109. The molecule has 0 heterocycles. The van der Waals surface area contributed by atoms with Crippen molar-refractivity contribution in [3.8, 4) is 0 Å². The van der Waals surface area contributed by atoms with Gasteiger partial charge in [0.15, 0.2) is 0 Å². The van der Waals surface area contributed by atoms with Crippen LogP contribution in [0.2, 0.25) is 0 Å². The molecule has 0 saturated heterocycles. The lowest BCUT2D eigenvalue weighted by Gasteiger charge is -1.99. The van der Waals surface area contributed by atoms with Gasteiger partial charge in [0, 0.05) is 6.42 Å². The summed E-state index contributed by atoms with van der Waals surface area (Å²) >= 11 is 0. The van der Waals surface area contributed by atoms with Crippen molar-refractivity contribution in [2.75, 3.05) is 0 Å². The van der Waals surface area contributed by atoms with Crippen molar-refractivity contribution >= 4 is 12.3 Å². The molecule has 0 aromatic carbocycles. The quantitative estimate of drug-likeness (QED) is 0.569. The second-order valence-corrected chi connectivity index (χ2v) is 1.98. The first-order valence-electron chi connectivity index (χ1n) is 2.85. The second-order valence-electron chi connectivity index (χ2n) is 1.98. The van der Waals surface area contributed by atoms with Gasteiger partial charge in [-0.15, -0.1) is 0 Å². The van der Waals surface area contributed by atoms with Crippen molar-refractivity contribution in [2.45, 2.75) is 19.8 Å². The van der Waals surface area contributed by atoms with Crippen LogP contribution in [0.5, 0.6) is 0 Å². The minimum absolute atomic E-state index is 0.341. The zero-order valence-corrected chi connectivity index (χ0v) is 5.33. The molecule has 0 amide bonds. The minimum atomic E-state index is -0.836. The predicted octanol–water partition coefficient (Wildman–Crippen LogP) is 0.686. The number of carbonyl (C=O) groups excluding carboxylic acids is 1. The van der Waals surface area contributed by atoms with E-state index in [4.69, 9.17) is 5.11 Å². The third-order valence-corrected chi connectivity index (χ3v) is 1.14. The first-order chi connectivity index (χ1) is 4.18. The summed E-state index contributed by atoms with van der Waals surface area (Å²) in [5.74, 6) is -1.23. The molecule has 0 radical (unpaired) electrons. The Morgan fingerprint density at radius 2 is 2.33 bits per heavy atom. The Morgan fingerprint density at radius 1 is 1.78 bits per heavy atom. The summed E-state index contributed by atoms with van der Waals surface area (Å²) in [5, 5.41) is 8.29. The lowest BCUT2D eigenvalue weighted by Crippen LogP contribution is -2.08. The Hall–Kier alpha value is -0.860. The van der Waals surface area contributed by atoms with Crippen LogP contribution in [0.15, 0.2) is 0 Å². The topological polar surface area (TPSA) is 54.4 Å². The van der Waals surface area contributed by atoms with Crippen LogP contribution >= 0.6 is 0 Å². The molecule has 0 aromatic rings. The molecule has 0 aliphatic heterocycles. The average Bonchev–Trinajstić information content (AvgIpc) is 1.82. The van der Waals surface area contributed by atoms with E-state index in [1.165, 1.54) is 0 Å². The number of hydrogen-bond acceptors (Lipinski definition) is 2. The highest BCUT2D eigenvalue weighted by Crippen LogP contribution is 2.02. The summed E-state index contributed by atoms with van der Waals surface area (Å²) in [6.45, 7) is 1.59. The zero-order valence-electron chi connectivity index (χ0n) is 5.33. The Kier molecular flexibility index (Phi) is 3.67. The third-order valence-electron chi connectivity index (χ3n) is 1.14. The van der Waals surface area contributed by atoms with E-state index in [1.54, 1.807) is 6.92 Å². The van der Waals surface area contributed by atoms with Gasteiger partial charge in [-0.1, -0.05) is 6.92 Å². The number of hydrogen-bond donors (Lipinski definition) is 1. The molecule has 0 aliphatic carbocycles. The summed E-state index contributed by atoms with van der Waals surface area (Å²) in [6.07, 6.45) is 1.52. The van der Waals surface area contributed by atoms with Crippen molar-refractivity contribution in [1.29, 1.82) is 0 Å². The van der Waals surface area contributed by atoms with Crippen molar-refractivity contribution in [1.82, 2.24) is 0 Å². The zero-order chi connectivity index (χ0) is 7.28. The van der Waals surface area contributed by atoms with Gasteiger partial charge in [-0.2, -0.15) is 0 Å². The van der Waals surface area contributed by atoms with Gasteiger partial charge in [-0.05, 0) is 6.42 Å². The van der Waals surface area contributed by atoms with E-state index >= 15 is 0 Å². The number of rotatable bonds is 4. The van der Waals surface area contributed by atoms with Crippen molar-refractivity contribution in [3.63, 3.8) is 0 Å². The predicted molar refractivity (Wildman–Crippen MR) is 32.1 cm³/mol. The Morgan fingerprint density at radius 3 is 2.67 bits per heavy atom. The van der Waals surface area contributed by atoms with Crippen molar-refractivity contribution < 1.29 is 14.7 Å². The van der Waals surface area contributed by atoms with Crippen LogP contribution in [-0.4, -0.2) is 17.4 Å². The van der Waals surface area contributed by atoms with Gasteiger partial charge in [0.2, 0.25) is 0 Å². The van der Waals surface area contributed by atoms with E-state index in [0.29, 0.717) is 12.8 Å². The normalized spacial score (nSPS) is 12.6. The molecular weight excluding hydrogens is 120 g/mol. The summed E-state index contributed by atoms with van der Waals surface area (Å²) < 4.78 is 0. The average molecular weight is 130 g/mol. The van der Waals surface area contributed by atoms with Crippen LogP contribution in [0.25, 0.3) is 0 Å². The maximum atomic E-state index is 10.1. The van der Waals surface area contributed by atoms with Crippen molar-refractivity contribution in [2.24, 2.45) is 5.92 Å². The van der Waals surface area contributed by atoms with E-state index in [2.05, 4.69) is 0 Å². The second kappa shape index (κ2) is 4.06. The van der Waals surface area contributed by atoms with Crippen LogP contribution in [0.3, 0.4) is 0 Å². The van der Waals surface area contributed by atoms with E-state index in [1.807, 2.05) is 0 Å². The summed E-state index contributed by atoms with van der Waals surface area (Å²) in [4.78, 5) is 19.8. The molecule has 0 unspecified atom stereocenters. The van der Waals surface area contributed by atoms with Gasteiger partial charge in [0.1, 0.15) is 6.29 Å². The maximum Gasteiger partial charge on any atom is 0.306 e. The fraction of sp³-hybridized carbons (Fsp3) is 0.667. The van der Waals surface area contributed by atoms with Gasteiger partial charge < -0.3 is 9.90 Å². The molecule has 0 aliphatic rings. The number of aldehydes is 1. The number of carboxylic acids is 1. The molecule has 1 N–H and O–H groups in total. The number of carboxylic acid groups (broad SMARTS) is 1. The van der Waals surface area contributed by atoms with E-state index < -0.39 is 11.9 Å². The first kappa shape index (κ1) is 8.14. The van der Waals surface area contributed by atoms with E-state index in [0.717, 1.165) is 6.29 Å². The fourth-order valence-electron chi connectivity index (χ4n) is 0.442. The van der Waals surface area contributed by atoms with Crippen molar-refractivity contribution in [3.05, 3.63) is 0 Å². The Labute approximate surface area is 53.7 Å². The van der Waals surface area contributed by atoms with Crippen LogP contribution in [0.1, 0.15) is 19.8 Å². The van der Waals surface area contributed by atoms with E-state index in [-0.39, 0.29) is 0 Å². The van der Waals surface area contributed by atoms with Gasteiger partial charge in [0.05, 0.1) is 5.92 Å². The van der Waals surface area contributed by atoms with Gasteiger partial charge in [-0.3, -0.25) is 4.79 Å². The third kappa shape index (κ3) is 3.70. The summed E-state index contributed by atoms with van der Waals surface area (Å²) in [7, 11) is 0. The van der Waals surface area contributed by atoms with Gasteiger partial charge in [0.25, 0.3) is 0 Å². The molecule has 9 heavy (non-hydrogen) atoms. The molecular formula is C6H10O3. The number of carbonyl (C=O) groups is 2. The molecule has 3 nitrogen and oxygen atoms in total. The first-order valence-corrected chi connectivity index (χ1v) is 2.85. The van der Waals surface area contributed by atoms with Crippen LogP contribution < -0.4 is 0 Å². The molecule has 3 heteroatoms. The van der Waals surface area contributed by atoms with Gasteiger partial charge >= 0.3 is 5.97 Å². The molecule has 1 atom stereocenters. The molecule has 0 saturated carbocycles. The lowest BCUT2D eigenvalue weighted by atomic mass is 10.1. The summed E-state index contributed by atoms with van der Waals surface area (Å²) in [5.41, 5.74) is 0. The largest absolute Gasteiger partial charge is 0.481 e. The molecule has 0 aromatic heterocycles. The fourth-order valence-corrected chi connectivity index (χ4v) is 0.442. The van der Waals surface area contributed by atoms with E-state index in [9.17, 15) is 9.59 Å². The standard InChI is InChI=1S/C6H10O3/c1-5(6(8)9)3-2-4-7/h4-5H,2-3H2,1H3,(H,8,9)/t5-/m1/s1. The van der Waals surface area contributed by atoms with Crippen LogP contribution in [0, 0.1) is 5.92 Å². The monoisotopic (exact) mass is 130 g/mol. The maximum absolute atomic E-state index is 10.1. The summed E-state index contributed by atoms with van der Waals surface area (Å²) in [6, 6.07) is 0. The molecule has 0 fully saturated rings. The highest BCUT2D eigenvalue weighted by atomic mass is 16.4. The smallest absolute Gasteiger partial charge is 0.306 e. The highest BCUT2D eigenvalue weighted by Gasteiger charge is 2.08. The SMILES string of the molecule is C[C@H](CCC=O)C(=O)O. The minimum Gasteiger partial charge on any atom is -0.481 e. The lowest BCUT2D eigenvalue weighted by molar-refractivity contribution is -0.141. The van der Waals surface area contributed by atoms with Crippen LogP contribution in [0.4, 0.5) is 0 Å². The molecule has 0 spiro atoms. The highest BCUT2D eigenvalue weighted by molar-refractivity contribution is 5.69. The molecule has 0 bridgehead atoms. The van der Waals surface area contributed by atoms with Crippen LogP contribution in [-0.2, 0) is 9.59 Å². The van der Waals surface area contributed by atoms with Gasteiger partial charge in [-0.25, -0.2) is 0 Å². The number of aliphatic carboxylic acids is 1.